The molecule has 1 rings (SSSR count). The van der Waals surface area contributed by atoms with E-state index in [1.165, 1.54) is 32.4 Å². The molecule has 1 heterocycles. The predicted molar refractivity (Wildman–Crippen MR) is 50.7 cm³/mol. The first-order valence-corrected chi connectivity index (χ1v) is 10.1. The van der Waals surface area contributed by atoms with Crippen molar-refractivity contribution in [3.8, 4) is 0 Å². The molecule has 1 saturated heterocycles. The van der Waals surface area contributed by atoms with E-state index in [2.05, 4.69) is 21.5 Å². The van der Waals surface area contributed by atoms with Crippen LogP contribution in [0.15, 0.2) is 0 Å². The first-order chi connectivity index (χ1) is 5.38. The van der Waals surface area contributed by atoms with Gasteiger partial charge in [-0.1, -0.05) is 0 Å². The number of alkyl halides is 1. The molecule has 0 saturated carbocycles. The Balaban J connectivity index is 2.43. The van der Waals surface area contributed by atoms with Gasteiger partial charge in [-0.25, -0.2) is 0 Å². The summed E-state index contributed by atoms with van der Waals surface area (Å²) >= 11 is 0.414. The molecule has 0 aromatic carbocycles. The Morgan fingerprint density at radius 2 is 1.91 bits per heavy atom. The molecule has 1 nitrogen and oxygen atoms in total. The number of rotatable bonds is 2. The van der Waals surface area contributed by atoms with E-state index in [4.69, 9.17) is 0 Å². The molecule has 0 bridgehead atoms. The molecule has 0 aromatic rings. The molecule has 0 radical (unpaired) electrons. The number of halogens is 1. The van der Waals surface area contributed by atoms with Crippen molar-refractivity contribution in [3.63, 3.8) is 0 Å². The van der Waals surface area contributed by atoms with Gasteiger partial charge < -0.3 is 0 Å². The van der Waals surface area contributed by atoms with Crippen molar-refractivity contribution in [3.05, 3.63) is 0 Å². The van der Waals surface area contributed by atoms with Crippen LogP contribution in [0.1, 0.15) is 26.2 Å². The summed E-state index contributed by atoms with van der Waals surface area (Å²) in [7, 11) is 0.593. The minimum atomic E-state index is 0.414. The molecule has 11 heavy (non-hydrogen) atoms. The third kappa shape index (κ3) is 3.03. The van der Waals surface area contributed by atoms with Gasteiger partial charge >= 0.3 is 81.5 Å². The van der Waals surface area contributed by atoms with Gasteiger partial charge in [0.25, 0.3) is 0 Å². The predicted octanol–water partition coefficient (Wildman–Crippen LogP) is -0.888. The molecule has 0 spiro atoms. The topological polar surface area (TPSA) is 3.24 Å². The zero-order valence-electron chi connectivity index (χ0n) is 7.35. The third-order valence-electron chi connectivity index (χ3n) is 1.91. The van der Waals surface area contributed by atoms with Crippen molar-refractivity contribution in [2.45, 2.75) is 26.2 Å². The second-order valence-corrected chi connectivity index (χ2v) is 9.82. The van der Waals surface area contributed by atoms with Gasteiger partial charge in [-0.3, -0.25) is 0 Å². The fraction of sp³-hybridized carbons (Fsp3) is 0.875. The van der Waals surface area contributed by atoms with E-state index >= 15 is 0 Å². The third-order valence-corrected chi connectivity index (χ3v) is 9.38. The Morgan fingerprint density at radius 3 is 2.36 bits per heavy atom. The molecular formula is C8H17INS-. The summed E-state index contributed by atoms with van der Waals surface area (Å²) in [5.41, 5.74) is 0. The average molecular weight is 286 g/mol. The fourth-order valence-corrected chi connectivity index (χ4v) is 7.03. The quantitative estimate of drug-likeness (QED) is 0.362. The Kier molecular flexibility index (Phi) is 5.03. The monoisotopic (exact) mass is 286 g/mol. The van der Waals surface area contributed by atoms with Crippen LogP contribution in [0.25, 0.3) is 0 Å². The summed E-state index contributed by atoms with van der Waals surface area (Å²) in [5, 5.41) is 2.42. The summed E-state index contributed by atoms with van der Waals surface area (Å²) in [6, 6.07) is 0. The van der Waals surface area contributed by atoms with Crippen LogP contribution in [-0.4, -0.2) is 27.7 Å². The molecule has 0 N–H and O–H groups in total. The molecular weight excluding hydrogens is 269 g/mol. The average Bonchev–Trinajstić information content (AvgIpc) is 2.09. The Morgan fingerprint density at radius 1 is 1.27 bits per heavy atom. The zero-order valence-corrected chi connectivity index (χ0v) is 10.3. The van der Waals surface area contributed by atoms with Gasteiger partial charge in [0.15, 0.2) is 0 Å². The van der Waals surface area contributed by atoms with Crippen molar-refractivity contribution in [1.82, 2.24) is 4.31 Å². The van der Waals surface area contributed by atoms with Crippen molar-refractivity contribution in [1.29, 1.82) is 0 Å². The van der Waals surface area contributed by atoms with Gasteiger partial charge in [-0.15, -0.1) is 0 Å². The van der Waals surface area contributed by atoms with Crippen molar-refractivity contribution >= 4 is 13.2 Å². The molecule has 0 aliphatic carbocycles. The Hall–Kier alpha value is 0.910. The maximum absolute atomic E-state index is 2.69. The number of hydrogen-bond acceptors (Lipinski definition) is 1. The first kappa shape index (κ1) is 9.99. The molecule has 1 atom stereocenters. The Labute approximate surface area is 81.3 Å². The van der Waals surface area contributed by atoms with Crippen LogP contribution in [0.4, 0.5) is 0 Å². The summed E-state index contributed by atoms with van der Waals surface area (Å²) in [6.07, 6.45) is 4.32. The molecule has 1 fully saturated rings. The number of hydrogen-bond donors (Lipinski definition) is 0. The molecule has 0 aromatic heterocycles. The van der Waals surface area contributed by atoms with Crippen LogP contribution in [0.5, 0.6) is 0 Å². The first-order valence-electron chi connectivity index (χ1n) is 4.16. The van der Waals surface area contributed by atoms with Crippen LogP contribution in [0.3, 0.4) is 0 Å². The Bertz CT molecular complexity index is 141. The minimum absolute atomic E-state index is 0.414. The van der Waals surface area contributed by atoms with Gasteiger partial charge in [0.1, 0.15) is 0 Å². The molecule has 1 unspecified atom stereocenters. The van der Waals surface area contributed by atoms with Crippen LogP contribution < -0.4 is 19.8 Å². The molecule has 3 heteroatoms. The van der Waals surface area contributed by atoms with Crippen molar-refractivity contribution < 1.29 is 19.8 Å². The normalized spacial score (nSPS) is 24.2. The molecule has 1 aliphatic rings. The van der Waals surface area contributed by atoms with E-state index in [9.17, 15) is 0 Å². The summed E-state index contributed by atoms with van der Waals surface area (Å²) in [5.74, 6) is 0. The summed E-state index contributed by atoms with van der Waals surface area (Å²) < 4.78 is 2.69. The summed E-state index contributed by atoms with van der Waals surface area (Å²) in [4.78, 5) is 2.40. The van der Waals surface area contributed by atoms with Gasteiger partial charge in [0.2, 0.25) is 0 Å². The van der Waals surface area contributed by atoms with E-state index in [0.29, 0.717) is 27.7 Å². The van der Waals surface area contributed by atoms with Gasteiger partial charge in [0.05, 0.1) is 0 Å². The van der Waals surface area contributed by atoms with Gasteiger partial charge in [-0.05, 0) is 0 Å². The zero-order chi connectivity index (χ0) is 8.10. The molecule has 1 aliphatic heterocycles. The maximum atomic E-state index is 2.69. The van der Waals surface area contributed by atoms with Crippen LogP contribution in [0, 0.1) is 0 Å². The van der Waals surface area contributed by atoms with E-state index in [0.717, 1.165) is 0 Å². The molecule has 0 amide bonds. The number of piperidine rings is 1. The van der Waals surface area contributed by atoms with E-state index in [1.54, 1.807) is 0 Å². The SMILES string of the molecule is C/C=S(\[I-]C)N1CCCCC1. The second kappa shape index (κ2) is 5.54. The standard InChI is InChI=1S/C8H17INS/c1-3-11(9-2)10-7-5-4-6-8-10/h3H,4-8H2,1-2H3/q-1. The van der Waals surface area contributed by atoms with E-state index in [-0.39, 0.29) is 0 Å². The molecule has 68 valence electrons. The van der Waals surface area contributed by atoms with Crippen molar-refractivity contribution in [2.75, 3.05) is 18.0 Å². The van der Waals surface area contributed by atoms with Crippen LogP contribution in [-0.2, 0) is 0 Å². The van der Waals surface area contributed by atoms with E-state index < -0.39 is 0 Å². The van der Waals surface area contributed by atoms with Crippen LogP contribution in [0.2, 0.25) is 0 Å². The van der Waals surface area contributed by atoms with Gasteiger partial charge in [-0.2, -0.15) is 0 Å². The fourth-order valence-electron chi connectivity index (χ4n) is 1.38. The second-order valence-electron chi connectivity index (χ2n) is 2.64. The van der Waals surface area contributed by atoms with Gasteiger partial charge in [0, 0.05) is 0 Å². The van der Waals surface area contributed by atoms with Crippen molar-refractivity contribution in [2.24, 2.45) is 0 Å². The van der Waals surface area contributed by atoms with E-state index in [1.807, 2.05) is 0 Å². The summed E-state index contributed by atoms with van der Waals surface area (Å²) in [6.45, 7) is 4.95. The number of nitrogens with zero attached hydrogens (tertiary/aromatic N) is 1. The van der Waals surface area contributed by atoms with Crippen LogP contribution >= 0.6 is 7.84 Å².